The highest BCUT2D eigenvalue weighted by Crippen LogP contribution is 2.36. The summed E-state index contributed by atoms with van der Waals surface area (Å²) in [7, 11) is 1.54. The first-order chi connectivity index (χ1) is 8.95. The van der Waals surface area contributed by atoms with Gasteiger partial charge < -0.3 is 14.7 Å². The molecule has 1 aromatic rings. The largest absolute Gasteiger partial charge is 0.495 e. The van der Waals surface area contributed by atoms with Crippen LogP contribution in [0.15, 0.2) is 9.85 Å². The van der Waals surface area contributed by atoms with Crippen LogP contribution < -0.4 is 4.74 Å². The van der Waals surface area contributed by atoms with Gasteiger partial charge >= 0.3 is 5.97 Å². The molecule has 7 heteroatoms. The second-order valence-corrected chi connectivity index (χ2v) is 6.80. The smallest absolute Gasteiger partial charge is 0.308 e. The van der Waals surface area contributed by atoms with Gasteiger partial charge in [0.25, 0.3) is 5.91 Å². The summed E-state index contributed by atoms with van der Waals surface area (Å²) in [4.78, 5) is 25.6. The van der Waals surface area contributed by atoms with Gasteiger partial charge in [0.15, 0.2) is 0 Å². The Kier molecular flexibility index (Phi) is 4.15. The minimum Gasteiger partial charge on any atom is -0.495 e. The number of nitrogens with zero attached hydrogens (tertiary/aromatic N) is 1. The fourth-order valence-corrected chi connectivity index (χ4v) is 3.90. The zero-order valence-electron chi connectivity index (χ0n) is 10.6. The van der Waals surface area contributed by atoms with E-state index < -0.39 is 11.9 Å². The Labute approximate surface area is 123 Å². The Morgan fingerprint density at radius 3 is 2.74 bits per heavy atom. The lowest BCUT2D eigenvalue weighted by atomic mass is 10.0. The monoisotopic (exact) mass is 347 g/mol. The predicted octanol–water partition coefficient (Wildman–Crippen LogP) is 2.45. The summed E-state index contributed by atoms with van der Waals surface area (Å²) in [6, 6.07) is 1.40. The molecule has 2 heterocycles. The molecule has 1 aromatic heterocycles. The molecule has 0 spiro atoms. The maximum absolute atomic E-state index is 12.4. The van der Waals surface area contributed by atoms with E-state index in [4.69, 9.17) is 9.84 Å². The standard InChI is InChI=1S/C12H14BrNO4S/c1-6-7(12(16)17)3-4-14(6)11(15)9-5-8(18-2)10(13)19-9/h5-7H,3-4H2,1-2H3,(H,16,17). The number of halogens is 1. The third-order valence-corrected chi connectivity index (χ3v) is 5.19. The lowest BCUT2D eigenvalue weighted by Gasteiger charge is -2.22. The number of hydrogen-bond acceptors (Lipinski definition) is 4. The van der Waals surface area contributed by atoms with E-state index in [0.29, 0.717) is 23.6 Å². The van der Waals surface area contributed by atoms with Crippen LogP contribution >= 0.6 is 27.3 Å². The second-order valence-electron chi connectivity index (χ2n) is 4.43. The Bertz CT molecular complexity index is 516. The van der Waals surface area contributed by atoms with Crippen LogP contribution in [0.3, 0.4) is 0 Å². The lowest BCUT2D eigenvalue weighted by Crippen LogP contribution is -2.37. The summed E-state index contributed by atoms with van der Waals surface area (Å²) in [6.45, 7) is 2.26. The van der Waals surface area contributed by atoms with E-state index in [1.165, 1.54) is 11.3 Å². The van der Waals surface area contributed by atoms with Gasteiger partial charge in [0, 0.05) is 18.7 Å². The number of carboxylic acids is 1. The molecule has 1 aliphatic heterocycles. The van der Waals surface area contributed by atoms with Crippen LogP contribution in [0.25, 0.3) is 0 Å². The van der Waals surface area contributed by atoms with Crippen molar-refractivity contribution in [2.75, 3.05) is 13.7 Å². The van der Waals surface area contributed by atoms with Gasteiger partial charge in [-0.15, -0.1) is 11.3 Å². The van der Waals surface area contributed by atoms with Crippen molar-refractivity contribution < 1.29 is 19.4 Å². The molecule has 0 bridgehead atoms. The van der Waals surface area contributed by atoms with Crippen LogP contribution in [0.2, 0.25) is 0 Å². The highest BCUT2D eigenvalue weighted by atomic mass is 79.9. The fourth-order valence-electron chi connectivity index (χ4n) is 2.29. The molecule has 0 radical (unpaired) electrons. The number of carbonyl (C=O) groups is 2. The number of amides is 1. The second kappa shape index (κ2) is 5.50. The number of thiophene rings is 1. The molecule has 1 N–H and O–H groups in total. The molecule has 1 aliphatic rings. The lowest BCUT2D eigenvalue weighted by molar-refractivity contribution is -0.142. The molecule has 19 heavy (non-hydrogen) atoms. The van der Waals surface area contributed by atoms with Crippen molar-refractivity contribution in [1.29, 1.82) is 0 Å². The topological polar surface area (TPSA) is 66.8 Å². The van der Waals surface area contributed by atoms with Gasteiger partial charge in [-0.05, 0) is 29.3 Å². The van der Waals surface area contributed by atoms with E-state index in [1.54, 1.807) is 25.0 Å². The van der Waals surface area contributed by atoms with Crippen LogP contribution in [0.4, 0.5) is 0 Å². The summed E-state index contributed by atoms with van der Waals surface area (Å²) >= 11 is 4.63. The van der Waals surface area contributed by atoms with Crippen molar-refractivity contribution in [3.63, 3.8) is 0 Å². The maximum Gasteiger partial charge on any atom is 0.308 e. The molecule has 104 valence electrons. The highest BCUT2D eigenvalue weighted by molar-refractivity contribution is 9.11. The minimum absolute atomic E-state index is 0.134. The van der Waals surface area contributed by atoms with Crippen molar-refractivity contribution >= 4 is 39.1 Å². The molecule has 2 unspecified atom stereocenters. The average molecular weight is 348 g/mol. The van der Waals surface area contributed by atoms with E-state index in [9.17, 15) is 9.59 Å². The number of carboxylic acid groups (broad SMARTS) is 1. The normalized spacial score (nSPS) is 22.6. The van der Waals surface area contributed by atoms with Gasteiger partial charge in [-0.2, -0.15) is 0 Å². The number of rotatable bonds is 3. The number of carbonyl (C=O) groups excluding carboxylic acids is 1. The predicted molar refractivity (Wildman–Crippen MR) is 74.8 cm³/mol. The zero-order valence-corrected chi connectivity index (χ0v) is 13.0. The van der Waals surface area contributed by atoms with Crippen molar-refractivity contribution in [2.24, 2.45) is 5.92 Å². The maximum atomic E-state index is 12.4. The number of likely N-dealkylation sites (tertiary alicyclic amines) is 1. The Morgan fingerprint density at radius 1 is 1.58 bits per heavy atom. The Balaban J connectivity index is 2.18. The van der Waals surface area contributed by atoms with Crippen LogP contribution in [0, 0.1) is 5.92 Å². The van der Waals surface area contributed by atoms with Crippen molar-refractivity contribution in [2.45, 2.75) is 19.4 Å². The number of ether oxygens (including phenoxy) is 1. The SMILES string of the molecule is COc1cc(C(=O)N2CCC(C(=O)O)C2C)sc1Br. The van der Waals surface area contributed by atoms with E-state index >= 15 is 0 Å². The summed E-state index contributed by atoms with van der Waals surface area (Å²) in [6.07, 6.45) is 0.506. The molecule has 0 aromatic carbocycles. The van der Waals surface area contributed by atoms with E-state index in [1.807, 2.05) is 0 Å². The highest BCUT2D eigenvalue weighted by Gasteiger charge is 2.38. The van der Waals surface area contributed by atoms with Gasteiger partial charge in [-0.25, -0.2) is 0 Å². The molecule has 0 aliphatic carbocycles. The van der Waals surface area contributed by atoms with Crippen LogP contribution in [-0.2, 0) is 4.79 Å². The summed E-state index contributed by atoms with van der Waals surface area (Å²) < 4.78 is 5.89. The zero-order chi connectivity index (χ0) is 14.2. The molecule has 2 rings (SSSR count). The molecule has 2 atom stereocenters. The number of hydrogen-bond donors (Lipinski definition) is 1. The van der Waals surface area contributed by atoms with Gasteiger partial charge in [-0.1, -0.05) is 0 Å². The van der Waals surface area contributed by atoms with Crippen LogP contribution in [0.5, 0.6) is 5.75 Å². The van der Waals surface area contributed by atoms with Crippen LogP contribution in [-0.4, -0.2) is 41.6 Å². The molecule has 1 fully saturated rings. The van der Waals surface area contributed by atoms with E-state index in [0.717, 1.165) is 3.79 Å². The van der Waals surface area contributed by atoms with E-state index in [2.05, 4.69) is 15.9 Å². The molecule has 0 saturated carbocycles. The van der Waals surface area contributed by atoms with Crippen molar-refractivity contribution in [1.82, 2.24) is 4.90 Å². The first-order valence-corrected chi connectivity index (χ1v) is 7.43. The molecular formula is C12H14BrNO4S. The van der Waals surface area contributed by atoms with E-state index in [-0.39, 0.29) is 11.9 Å². The first-order valence-electron chi connectivity index (χ1n) is 5.82. The van der Waals surface area contributed by atoms with Crippen LogP contribution in [0.1, 0.15) is 23.0 Å². The molecule has 1 saturated heterocycles. The first kappa shape index (κ1) is 14.3. The van der Waals surface area contributed by atoms with Gasteiger partial charge in [0.05, 0.1) is 17.9 Å². The minimum atomic E-state index is -0.840. The third-order valence-electron chi connectivity index (χ3n) is 3.42. The Morgan fingerprint density at radius 2 is 2.26 bits per heavy atom. The quantitative estimate of drug-likeness (QED) is 0.911. The molecule has 5 nitrogen and oxygen atoms in total. The number of aliphatic carboxylic acids is 1. The number of methoxy groups -OCH3 is 1. The van der Waals surface area contributed by atoms with Gasteiger partial charge in [0.2, 0.25) is 0 Å². The van der Waals surface area contributed by atoms with Crippen molar-refractivity contribution in [3.8, 4) is 5.75 Å². The molecule has 1 amide bonds. The van der Waals surface area contributed by atoms with Gasteiger partial charge in [0.1, 0.15) is 9.54 Å². The third kappa shape index (κ3) is 2.62. The summed E-state index contributed by atoms with van der Waals surface area (Å²) in [5, 5.41) is 9.08. The molecular weight excluding hydrogens is 334 g/mol. The average Bonchev–Trinajstić information content (AvgIpc) is 2.91. The van der Waals surface area contributed by atoms with Crippen molar-refractivity contribution in [3.05, 3.63) is 14.7 Å². The summed E-state index contributed by atoms with van der Waals surface area (Å²) in [5.41, 5.74) is 0. The Hall–Kier alpha value is -1.08. The fraction of sp³-hybridized carbons (Fsp3) is 0.500. The summed E-state index contributed by atoms with van der Waals surface area (Å²) in [5.74, 6) is -0.831. The van der Waals surface area contributed by atoms with Gasteiger partial charge in [-0.3, -0.25) is 9.59 Å².